The molecule has 0 aliphatic carbocycles. The third-order valence-electron chi connectivity index (χ3n) is 3.26. The summed E-state index contributed by atoms with van der Waals surface area (Å²) in [6.07, 6.45) is 4.04. The molecule has 0 radical (unpaired) electrons. The van der Waals surface area contributed by atoms with E-state index in [0.717, 1.165) is 25.8 Å². The summed E-state index contributed by atoms with van der Waals surface area (Å²) in [5, 5.41) is 8.96. The predicted molar refractivity (Wildman–Crippen MR) is 62.9 cm³/mol. The van der Waals surface area contributed by atoms with Gasteiger partial charge in [-0.25, -0.2) is 4.79 Å². The molecule has 2 heterocycles. The summed E-state index contributed by atoms with van der Waals surface area (Å²) in [6.45, 7) is 1.13. The number of furan rings is 1. The summed E-state index contributed by atoms with van der Waals surface area (Å²) < 4.78 is 4.92. The molecular weight excluding hydrogens is 236 g/mol. The Kier molecular flexibility index (Phi) is 3.66. The number of hydrogen-bond acceptors (Lipinski definition) is 4. The first-order valence-corrected chi connectivity index (χ1v) is 5.92. The number of nitrogens with two attached hydrogens (primary N) is 1. The minimum atomic E-state index is -1.09. The van der Waals surface area contributed by atoms with Crippen molar-refractivity contribution in [3.8, 4) is 0 Å². The number of primary amides is 1. The minimum Gasteiger partial charge on any atom is -0.475 e. The lowest BCUT2D eigenvalue weighted by Gasteiger charge is -2.33. The average molecular weight is 252 g/mol. The van der Waals surface area contributed by atoms with Gasteiger partial charge in [-0.15, -0.1) is 0 Å². The van der Waals surface area contributed by atoms with Crippen molar-refractivity contribution >= 4 is 11.9 Å². The van der Waals surface area contributed by atoms with E-state index < -0.39 is 5.97 Å². The highest BCUT2D eigenvalue weighted by atomic mass is 16.4. The fraction of sp³-hybridized carbons (Fsp3) is 0.500. The first kappa shape index (κ1) is 12.6. The Morgan fingerprint density at radius 1 is 1.50 bits per heavy atom. The number of hydrogen-bond donors (Lipinski definition) is 2. The fourth-order valence-electron chi connectivity index (χ4n) is 2.37. The third kappa shape index (κ3) is 2.53. The lowest BCUT2D eigenvalue weighted by molar-refractivity contribution is -0.124. The highest BCUT2D eigenvalue weighted by molar-refractivity contribution is 5.86. The van der Waals surface area contributed by atoms with Crippen molar-refractivity contribution in [2.24, 2.45) is 5.73 Å². The largest absolute Gasteiger partial charge is 0.475 e. The normalized spacial score (nSPS) is 20.8. The lowest BCUT2D eigenvalue weighted by Crippen LogP contribution is -2.47. The Balaban J connectivity index is 2.13. The topological polar surface area (TPSA) is 96.8 Å². The minimum absolute atomic E-state index is 0.0659. The third-order valence-corrected chi connectivity index (χ3v) is 3.26. The van der Waals surface area contributed by atoms with Gasteiger partial charge < -0.3 is 15.3 Å². The highest BCUT2D eigenvalue weighted by Gasteiger charge is 2.28. The molecule has 1 atom stereocenters. The van der Waals surface area contributed by atoms with Gasteiger partial charge in [0.2, 0.25) is 11.7 Å². The fourth-order valence-corrected chi connectivity index (χ4v) is 2.37. The van der Waals surface area contributed by atoms with Gasteiger partial charge in [0.05, 0.1) is 12.3 Å². The second kappa shape index (κ2) is 5.22. The summed E-state index contributed by atoms with van der Waals surface area (Å²) in [7, 11) is 0. The number of carboxylic acids is 1. The van der Waals surface area contributed by atoms with E-state index in [1.165, 1.54) is 6.26 Å². The van der Waals surface area contributed by atoms with Crippen molar-refractivity contribution in [2.75, 3.05) is 6.54 Å². The van der Waals surface area contributed by atoms with E-state index >= 15 is 0 Å². The van der Waals surface area contributed by atoms with Gasteiger partial charge in [0.1, 0.15) is 0 Å². The number of nitrogens with zero attached hydrogens (tertiary/aromatic N) is 1. The second-order valence-corrected chi connectivity index (χ2v) is 4.46. The van der Waals surface area contributed by atoms with E-state index in [4.69, 9.17) is 15.3 Å². The summed E-state index contributed by atoms with van der Waals surface area (Å²) in [5.41, 5.74) is 5.94. The van der Waals surface area contributed by atoms with Crippen LogP contribution in [-0.2, 0) is 11.3 Å². The van der Waals surface area contributed by atoms with Gasteiger partial charge in [-0.2, -0.15) is 0 Å². The van der Waals surface area contributed by atoms with Gasteiger partial charge in [0.25, 0.3) is 0 Å². The molecule has 6 nitrogen and oxygen atoms in total. The van der Waals surface area contributed by atoms with Crippen molar-refractivity contribution in [2.45, 2.75) is 31.8 Å². The second-order valence-electron chi connectivity index (χ2n) is 4.46. The Labute approximate surface area is 104 Å². The lowest BCUT2D eigenvalue weighted by atomic mass is 10.0. The molecule has 0 bridgehead atoms. The number of carbonyl (C=O) groups excluding carboxylic acids is 1. The summed E-state index contributed by atoms with van der Waals surface area (Å²) >= 11 is 0. The van der Waals surface area contributed by atoms with Crippen molar-refractivity contribution in [1.29, 1.82) is 0 Å². The average Bonchev–Trinajstić information content (AvgIpc) is 2.77. The molecule has 3 N–H and O–H groups in total. The molecular formula is C12H16N2O4. The SMILES string of the molecule is NC(=O)C1CCCCN1Cc1ccoc1C(=O)O. The van der Waals surface area contributed by atoms with Gasteiger partial charge in [-0.05, 0) is 25.5 Å². The zero-order valence-corrected chi connectivity index (χ0v) is 9.96. The van der Waals surface area contributed by atoms with Crippen molar-refractivity contribution in [1.82, 2.24) is 4.90 Å². The molecule has 0 aromatic carbocycles. The number of aromatic carboxylic acids is 1. The number of carboxylic acid groups (broad SMARTS) is 1. The van der Waals surface area contributed by atoms with Crippen LogP contribution in [0.5, 0.6) is 0 Å². The quantitative estimate of drug-likeness (QED) is 0.826. The standard InChI is InChI=1S/C12H16N2O4/c13-11(15)9-3-1-2-5-14(9)7-8-4-6-18-10(8)12(16)17/h4,6,9H,1-3,5,7H2,(H2,13,15)(H,16,17). The molecule has 1 unspecified atom stereocenters. The maximum Gasteiger partial charge on any atom is 0.372 e. The molecule has 18 heavy (non-hydrogen) atoms. The van der Waals surface area contributed by atoms with Crippen LogP contribution < -0.4 is 5.73 Å². The molecule has 6 heteroatoms. The zero-order valence-electron chi connectivity index (χ0n) is 9.96. The first-order valence-electron chi connectivity index (χ1n) is 5.92. The van der Waals surface area contributed by atoms with E-state index in [1.54, 1.807) is 6.07 Å². The molecule has 1 aromatic heterocycles. The number of carbonyl (C=O) groups is 2. The van der Waals surface area contributed by atoms with Crippen LogP contribution in [0.4, 0.5) is 0 Å². The Bertz CT molecular complexity index is 455. The maximum absolute atomic E-state index is 11.4. The number of rotatable bonds is 4. The Morgan fingerprint density at radius 2 is 2.28 bits per heavy atom. The van der Waals surface area contributed by atoms with E-state index in [0.29, 0.717) is 12.1 Å². The maximum atomic E-state index is 11.4. The van der Waals surface area contributed by atoms with Gasteiger partial charge in [0, 0.05) is 12.1 Å². The van der Waals surface area contributed by atoms with Crippen LogP contribution in [-0.4, -0.2) is 34.5 Å². The van der Waals surface area contributed by atoms with E-state index in [2.05, 4.69) is 0 Å². The summed E-state index contributed by atoms with van der Waals surface area (Å²) in [5.74, 6) is -1.51. The van der Waals surface area contributed by atoms with Gasteiger partial charge in [-0.3, -0.25) is 9.69 Å². The molecule has 2 rings (SSSR count). The summed E-state index contributed by atoms with van der Waals surface area (Å²) in [6, 6.07) is 1.31. The van der Waals surface area contributed by atoms with Crippen LogP contribution in [0.25, 0.3) is 0 Å². The molecule has 0 saturated carbocycles. The van der Waals surface area contributed by atoms with Crippen LogP contribution in [0.3, 0.4) is 0 Å². The molecule has 1 fully saturated rings. The van der Waals surface area contributed by atoms with Crippen LogP contribution in [0.1, 0.15) is 35.4 Å². The van der Waals surface area contributed by atoms with E-state index in [-0.39, 0.29) is 17.7 Å². The highest BCUT2D eigenvalue weighted by Crippen LogP contribution is 2.21. The predicted octanol–water partition coefficient (Wildman–Crippen LogP) is 0.818. The smallest absolute Gasteiger partial charge is 0.372 e. The van der Waals surface area contributed by atoms with Crippen LogP contribution in [0.2, 0.25) is 0 Å². The molecule has 0 spiro atoms. The molecule has 1 aliphatic heterocycles. The van der Waals surface area contributed by atoms with Gasteiger partial charge >= 0.3 is 5.97 Å². The summed E-state index contributed by atoms with van der Waals surface area (Å²) in [4.78, 5) is 24.2. The van der Waals surface area contributed by atoms with E-state index in [9.17, 15) is 9.59 Å². The van der Waals surface area contributed by atoms with Crippen LogP contribution in [0, 0.1) is 0 Å². The van der Waals surface area contributed by atoms with Crippen LogP contribution >= 0.6 is 0 Å². The number of amides is 1. The molecule has 1 aliphatic rings. The Hall–Kier alpha value is -1.82. The molecule has 1 aromatic rings. The van der Waals surface area contributed by atoms with E-state index in [1.807, 2.05) is 4.90 Å². The van der Waals surface area contributed by atoms with Gasteiger partial charge in [0.15, 0.2) is 0 Å². The van der Waals surface area contributed by atoms with Crippen molar-refractivity contribution in [3.63, 3.8) is 0 Å². The van der Waals surface area contributed by atoms with Crippen LogP contribution in [0.15, 0.2) is 16.7 Å². The monoisotopic (exact) mass is 252 g/mol. The molecule has 1 saturated heterocycles. The molecule has 98 valence electrons. The number of piperidine rings is 1. The van der Waals surface area contributed by atoms with Crippen molar-refractivity contribution < 1.29 is 19.1 Å². The Morgan fingerprint density at radius 3 is 2.94 bits per heavy atom. The van der Waals surface area contributed by atoms with Crippen molar-refractivity contribution in [3.05, 3.63) is 23.7 Å². The first-order chi connectivity index (χ1) is 8.59. The van der Waals surface area contributed by atoms with Gasteiger partial charge in [-0.1, -0.05) is 6.42 Å². The number of likely N-dealkylation sites (tertiary alicyclic amines) is 1. The zero-order chi connectivity index (χ0) is 13.1. The molecule has 1 amide bonds.